The van der Waals surface area contributed by atoms with Gasteiger partial charge in [0.1, 0.15) is 12.1 Å². The average molecular weight is 793 g/mol. The molecule has 0 aliphatic carbocycles. The number of allylic oxidation sites excluding steroid dienone is 1. The summed E-state index contributed by atoms with van der Waals surface area (Å²) in [5.74, 6) is -2.38. The average Bonchev–Trinajstić information content (AvgIpc) is 3.18. The normalized spacial score (nSPS) is 12.5. The molecule has 0 aliphatic heterocycles. The van der Waals surface area contributed by atoms with E-state index in [2.05, 4.69) is 36.6 Å². The molecule has 2 atom stereocenters. The molecule has 56 heavy (non-hydrogen) atoms. The monoisotopic (exact) mass is 793 g/mol. The van der Waals surface area contributed by atoms with E-state index in [9.17, 15) is 19.2 Å². The summed E-state index contributed by atoms with van der Waals surface area (Å²) in [4.78, 5) is 47.6. The first-order valence-electron chi connectivity index (χ1n) is 23.6. The molecule has 0 aliphatic rings. The van der Waals surface area contributed by atoms with Crippen LogP contribution in [0.25, 0.3) is 0 Å². The molecule has 0 aromatic rings. The minimum Gasteiger partial charge on any atom is -0.480 e. The smallest absolute Gasteiger partial charge is 0.328 e. The largest absolute Gasteiger partial charge is 0.480 e. The Labute approximate surface area is 343 Å². The Kier molecular flexibility index (Phi) is 40.4. The number of ether oxygens (including phenoxy) is 1. The highest BCUT2D eigenvalue weighted by Crippen LogP contribution is 2.17. The fraction of sp³-hybridized carbons (Fsp3) is 0.872. The molecule has 0 aromatic heterocycles. The van der Waals surface area contributed by atoms with Crippen LogP contribution in [-0.2, 0) is 23.9 Å². The van der Waals surface area contributed by atoms with Gasteiger partial charge in [0.25, 0.3) is 0 Å². The molecule has 9 nitrogen and oxygen atoms in total. The van der Waals surface area contributed by atoms with Crippen LogP contribution < -0.4 is 10.6 Å². The van der Waals surface area contributed by atoms with Gasteiger partial charge in [-0.3, -0.25) is 14.4 Å². The highest BCUT2D eigenvalue weighted by atomic mass is 16.5. The fourth-order valence-electron chi connectivity index (χ4n) is 7.10. The van der Waals surface area contributed by atoms with Gasteiger partial charge in [0.15, 0.2) is 0 Å². The maximum Gasteiger partial charge on any atom is 0.328 e. The Morgan fingerprint density at radius 1 is 0.536 bits per heavy atom. The second kappa shape index (κ2) is 42.2. The molecule has 0 saturated heterocycles. The van der Waals surface area contributed by atoms with Crippen LogP contribution in [-0.4, -0.2) is 59.3 Å². The summed E-state index contributed by atoms with van der Waals surface area (Å²) in [6, 6.07) is -1.39. The number of hydrogen-bond acceptors (Lipinski definition) is 6. The van der Waals surface area contributed by atoms with Gasteiger partial charge in [0, 0.05) is 12.8 Å². The zero-order valence-electron chi connectivity index (χ0n) is 36.4. The van der Waals surface area contributed by atoms with E-state index in [1.165, 1.54) is 154 Å². The lowest BCUT2D eigenvalue weighted by Crippen LogP contribution is -2.47. The Balaban J connectivity index is 4.10. The fourth-order valence-corrected chi connectivity index (χ4v) is 7.10. The molecule has 0 spiro atoms. The molecule has 2 unspecified atom stereocenters. The third kappa shape index (κ3) is 38.5. The van der Waals surface area contributed by atoms with Crippen molar-refractivity contribution in [3.8, 4) is 0 Å². The maximum absolute atomic E-state index is 12.7. The van der Waals surface area contributed by atoms with Crippen molar-refractivity contribution in [1.82, 2.24) is 10.6 Å². The summed E-state index contributed by atoms with van der Waals surface area (Å²) in [7, 11) is 0. The van der Waals surface area contributed by atoms with Gasteiger partial charge in [-0.1, -0.05) is 193 Å². The number of esters is 1. The second-order valence-corrected chi connectivity index (χ2v) is 16.2. The van der Waals surface area contributed by atoms with Crippen molar-refractivity contribution in [2.75, 3.05) is 13.2 Å². The third-order valence-corrected chi connectivity index (χ3v) is 10.7. The number of carboxylic acid groups (broad SMARTS) is 1. The van der Waals surface area contributed by atoms with Crippen molar-refractivity contribution in [2.24, 2.45) is 0 Å². The van der Waals surface area contributed by atoms with E-state index in [-0.39, 0.29) is 30.9 Å². The number of rotatable bonds is 43. The van der Waals surface area contributed by atoms with Crippen LogP contribution in [0, 0.1) is 0 Å². The van der Waals surface area contributed by atoms with E-state index in [1.807, 2.05) is 0 Å². The molecular weight excluding hydrogens is 705 g/mol. The maximum atomic E-state index is 12.7. The molecule has 2 amide bonds. The van der Waals surface area contributed by atoms with E-state index < -0.39 is 24.5 Å². The Hall–Kier alpha value is -2.42. The first-order chi connectivity index (χ1) is 27.3. The van der Waals surface area contributed by atoms with Gasteiger partial charge in [0.05, 0.1) is 13.2 Å². The molecule has 0 fully saturated rings. The molecule has 0 saturated carbocycles. The standard InChI is InChI=1S/C47H88N2O7/c1-3-5-7-9-11-13-14-15-16-17-18-19-20-21-22-23-24-25-27-29-35-39-46(53)56-42(36-32-28-26-12-10-8-6-4-2)37-33-30-31-34-38-44(51)48-40-45(52)49-43(41-50)47(54)55/h32,36,42-43,50H,3-31,33-35,37-41H2,1-2H3,(H,48,51)(H,49,52)(H,54,55)/b36-32-. The van der Waals surface area contributed by atoms with Crippen molar-refractivity contribution in [2.45, 2.75) is 251 Å². The number of aliphatic carboxylic acids is 1. The number of nitrogens with one attached hydrogen (secondary N) is 2. The Morgan fingerprint density at radius 2 is 0.946 bits per heavy atom. The number of unbranched alkanes of at least 4 members (excludes halogenated alkanes) is 29. The summed E-state index contributed by atoms with van der Waals surface area (Å²) < 4.78 is 5.92. The van der Waals surface area contributed by atoms with E-state index in [4.69, 9.17) is 14.9 Å². The summed E-state index contributed by atoms with van der Waals surface area (Å²) in [5.41, 5.74) is 0. The van der Waals surface area contributed by atoms with Crippen LogP contribution in [0.3, 0.4) is 0 Å². The van der Waals surface area contributed by atoms with Gasteiger partial charge in [0.2, 0.25) is 11.8 Å². The van der Waals surface area contributed by atoms with E-state index in [0.29, 0.717) is 12.8 Å². The lowest BCUT2D eigenvalue weighted by atomic mass is 10.0. The molecule has 328 valence electrons. The molecule has 0 aromatic carbocycles. The molecule has 0 radical (unpaired) electrons. The van der Waals surface area contributed by atoms with Crippen LogP contribution in [0.1, 0.15) is 239 Å². The number of aliphatic hydroxyl groups excluding tert-OH is 1. The van der Waals surface area contributed by atoms with Crippen molar-refractivity contribution in [1.29, 1.82) is 0 Å². The Morgan fingerprint density at radius 3 is 1.39 bits per heavy atom. The number of carbonyl (C=O) groups excluding carboxylic acids is 3. The van der Waals surface area contributed by atoms with Crippen LogP contribution in [0.15, 0.2) is 12.2 Å². The summed E-state index contributed by atoms with van der Waals surface area (Å²) >= 11 is 0. The minimum atomic E-state index is -1.39. The molecule has 0 bridgehead atoms. The molecule has 0 heterocycles. The lowest BCUT2D eigenvalue weighted by Gasteiger charge is -2.15. The van der Waals surface area contributed by atoms with E-state index in [1.54, 1.807) is 0 Å². The van der Waals surface area contributed by atoms with Crippen molar-refractivity contribution in [3.05, 3.63) is 12.2 Å². The van der Waals surface area contributed by atoms with Crippen LogP contribution in [0.2, 0.25) is 0 Å². The molecule has 0 rings (SSSR count). The van der Waals surface area contributed by atoms with Gasteiger partial charge < -0.3 is 25.6 Å². The van der Waals surface area contributed by atoms with Crippen molar-refractivity contribution in [3.63, 3.8) is 0 Å². The van der Waals surface area contributed by atoms with Gasteiger partial charge in [-0.15, -0.1) is 0 Å². The lowest BCUT2D eigenvalue weighted by molar-refractivity contribution is -0.147. The first kappa shape index (κ1) is 53.6. The predicted octanol–water partition coefficient (Wildman–Crippen LogP) is 11.8. The highest BCUT2D eigenvalue weighted by molar-refractivity contribution is 5.87. The van der Waals surface area contributed by atoms with Gasteiger partial charge in [-0.05, 0) is 44.6 Å². The molecule has 4 N–H and O–H groups in total. The molecule has 9 heteroatoms. The highest BCUT2D eigenvalue weighted by Gasteiger charge is 2.19. The Bertz CT molecular complexity index is 957. The van der Waals surface area contributed by atoms with Gasteiger partial charge in [-0.25, -0.2) is 4.79 Å². The summed E-state index contributed by atoms with van der Waals surface area (Å²) in [5, 5.41) is 22.6. The van der Waals surface area contributed by atoms with E-state index >= 15 is 0 Å². The number of carboxylic acids is 1. The number of aliphatic hydroxyl groups is 1. The number of carbonyl (C=O) groups is 4. The van der Waals surface area contributed by atoms with Gasteiger partial charge in [-0.2, -0.15) is 0 Å². The minimum absolute atomic E-state index is 0.105. The number of amides is 2. The van der Waals surface area contributed by atoms with Crippen LogP contribution >= 0.6 is 0 Å². The zero-order chi connectivity index (χ0) is 41.2. The first-order valence-corrected chi connectivity index (χ1v) is 23.6. The van der Waals surface area contributed by atoms with Crippen molar-refractivity contribution >= 4 is 23.8 Å². The zero-order valence-corrected chi connectivity index (χ0v) is 36.4. The SMILES string of the molecule is CCCCCCCC/C=C\C(CCCCCCC(=O)NCC(=O)NC(CO)C(=O)O)OC(=O)CCCCCCCCCCCCCCCCCCCCCCC. The summed E-state index contributed by atoms with van der Waals surface area (Å²) in [6.07, 6.45) is 45.6. The van der Waals surface area contributed by atoms with E-state index in [0.717, 1.165) is 51.4 Å². The van der Waals surface area contributed by atoms with Crippen molar-refractivity contribution < 1.29 is 34.1 Å². The summed E-state index contributed by atoms with van der Waals surface area (Å²) in [6.45, 7) is 3.46. The van der Waals surface area contributed by atoms with Crippen LogP contribution in [0.5, 0.6) is 0 Å². The topological polar surface area (TPSA) is 142 Å². The van der Waals surface area contributed by atoms with Gasteiger partial charge >= 0.3 is 11.9 Å². The second-order valence-electron chi connectivity index (χ2n) is 16.2. The quantitative estimate of drug-likeness (QED) is 0.0273. The predicted molar refractivity (Wildman–Crippen MR) is 232 cm³/mol. The van der Waals surface area contributed by atoms with Crippen LogP contribution in [0.4, 0.5) is 0 Å². The number of hydrogen-bond donors (Lipinski definition) is 4. The molecular formula is C47H88N2O7. The third-order valence-electron chi connectivity index (χ3n) is 10.7.